The molecule has 0 aromatic heterocycles. The van der Waals surface area contributed by atoms with E-state index in [1.54, 1.807) is 14.0 Å². The number of ether oxygens (including phenoxy) is 3. The van der Waals surface area contributed by atoms with Gasteiger partial charge in [-0.3, -0.25) is 0 Å². The third-order valence-electron chi connectivity index (χ3n) is 2.03. The van der Waals surface area contributed by atoms with Gasteiger partial charge >= 0.3 is 0 Å². The molecule has 16 heavy (non-hydrogen) atoms. The molecule has 2 N–H and O–H groups in total. The van der Waals surface area contributed by atoms with Crippen molar-refractivity contribution in [1.82, 2.24) is 0 Å². The van der Waals surface area contributed by atoms with Gasteiger partial charge in [0.05, 0.1) is 19.3 Å². The van der Waals surface area contributed by atoms with Gasteiger partial charge in [0.1, 0.15) is 5.54 Å². The van der Waals surface area contributed by atoms with Crippen molar-refractivity contribution in [2.45, 2.75) is 25.3 Å². The van der Waals surface area contributed by atoms with E-state index in [0.29, 0.717) is 39.5 Å². The first-order valence-corrected chi connectivity index (χ1v) is 5.47. The van der Waals surface area contributed by atoms with Crippen LogP contribution in [0.3, 0.4) is 0 Å². The molecule has 1 atom stereocenters. The van der Waals surface area contributed by atoms with Gasteiger partial charge < -0.3 is 19.9 Å². The Morgan fingerprint density at radius 3 is 2.31 bits per heavy atom. The molecule has 94 valence electrons. The molecule has 0 rings (SSSR count). The Morgan fingerprint density at radius 2 is 1.75 bits per heavy atom. The maximum Gasteiger partial charge on any atom is 0.103 e. The van der Waals surface area contributed by atoms with Crippen LogP contribution in [0.15, 0.2) is 0 Å². The molecule has 0 spiro atoms. The van der Waals surface area contributed by atoms with E-state index in [0.717, 1.165) is 6.42 Å². The van der Waals surface area contributed by atoms with E-state index in [4.69, 9.17) is 25.2 Å². The Labute approximate surface area is 97.5 Å². The van der Waals surface area contributed by atoms with Crippen LogP contribution in [0, 0.1) is 11.3 Å². The number of rotatable bonds is 10. The summed E-state index contributed by atoms with van der Waals surface area (Å²) in [6.45, 7) is 4.68. The molecular weight excluding hydrogens is 208 g/mol. The summed E-state index contributed by atoms with van der Waals surface area (Å²) in [5.74, 6) is 0. The van der Waals surface area contributed by atoms with E-state index in [1.165, 1.54) is 0 Å². The van der Waals surface area contributed by atoms with Crippen LogP contribution in [0.4, 0.5) is 0 Å². The molecule has 1 unspecified atom stereocenters. The first-order valence-electron chi connectivity index (χ1n) is 5.47. The van der Waals surface area contributed by atoms with Crippen molar-refractivity contribution < 1.29 is 14.2 Å². The average Bonchev–Trinajstić information content (AvgIpc) is 2.27. The normalized spacial score (nSPS) is 14.4. The average molecular weight is 230 g/mol. The van der Waals surface area contributed by atoms with E-state index in [2.05, 4.69) is 0 Å². The predicted octanol–water partition coefficient (Wildman–Crippen LogP) is 0.687. The van der Waals surface area contributed by atoms with Crippen LogP contribution in [-0.2, 0) is 14.2 Å². The Balaban J connectivity index is 3.14. The zero-order chi connectivity index (χ0) is 12.3. The van der Waals surface area contributed by atoms with E-state index in [9.17, 15) is 0 Å². The fourth-order valence-corrected chi connectivity index (χ4v) is 0.967. The fourth-order valence-electron chi connectivity index (χ4n) is 0.967. The highest BCUT2D eigenvalue weighted by Crippen LogP contribution is 2.02. The van der Waals surface area contributed by atoms with E-state index < -0.39 is 5.54 Å². The molecule has 0 amide bonds. The summed E-state index contributed by atoms with van der Waals surface area (Å²) in [4.78, 5) is 0. The SMILES string of the molecule is COCCCOCCOCCC(C)(N)C#N. The summed E-state index contributed by atoms with van der Waals surface area (Å²) in [5.41, 5.74) is 4.83. The van der Waals surface area contributed by atoms with Gasteiger partial charge in [-0.05, 0) is 13.3 Å². The topological polar surface area (TPSA) is 77.5 Å². The minimum Gasteiger partial charge on any atom is -0.385 e. The third-order valence-corrected chi connectivity index (χ3v) is 2.03. The number of nitrogens with two attached hydrogens (primary N) is 1. The minimum absolute atomic E-state index is 0.488. The second kappa shape index (κ2) is 9.55. The summed E-state index contributed by atoms with van der Waals surface area (Å²) in [7, 11) is 1.67. The van der Waals surface area contributed by atoms with E-state index in [1.807, 2.05) is 6.07 Å². The summed E-state index contributed by atoms with van der Waals surface area (Å²) >= 11 is 0. The molecule has 0 aliphatic heterocycles. The lowest BCUT2D eigenvalue weighted by atomic mass is 10.0. The Kier molecular flexibility index (Phi) is 9.15. The lowest BCUT2D eigenvalue weighted by molar-refractivity contribution is 0.0366. The molecular formula is C11H22N2O3. The first-order chi connectivity index (χ1) is 7.62. The largest absolute Gasteiger partial charge is 0.385 e. The second-order valence-electron chi connectivity index (χ2n) is 3.85. The Morgan fingerprint density at radius 1 is 1.12 bits per heavy atom. The van der Waals surface area contributed by atoms with Crippen LogP contribution < -0.4 is 5.73 Å². The molecule has 0 saturated heterocycles. The van der Waals surface area contributed by atoms with Crippen molar-refractivity contribution in [3.05, 3.63) is 0 Å². The van der Waals surface area contributed by atoms with Gasteiger partial charge in [0.15, 0.2) is 0 Å². The third kappa shape index (κ3) is 9.87. The van der Waals surface area contributed by atoms with Gasteiger partial charge in [0.25, 0.3) is 0 Å². The van der Waals surface area contributed by atoms with Gasteiger partial charge in [-0.2, -0.15) is 5.26 Å². The number of nitrogens with zero attached hydrogens (tertiary/aromatic N) is 1. The van der Waals surface area contributed by atoms with E-state index >= 15 is 0 Å². The monoisotopic (exact) mass is 230 g/mol. The molecule has 0 fully saturated rings. The zero-order valence-electron chi connectivity index (χ0n) is 10.2. The molecule has 0 saturated carbocycles. The van der Waals surface area contributed by atoms with Gasteiger partial charge in [0.2, 0.25) is 0 Å². The smallest absolute Gasteiger partial charge is 0.103 e. The molecule has 0 bridgehead atoms. The fraction of sp³-hybridized carbons (Fsp3) is 0.909. The lowest BCUT2D eigenvalue weighted by Crippen LogP contribution is -2.35. The highest BCUT2D eigenvalue weighted by molar-refractivity contribution is 5.00. The van der Waals surface area contributed by atoms with Gasteiger partial charge in [-0.25, -0.2) is 0 Å². The van der Waals surface area contributed by atoms with Gasteiger partial charge in [-0.15, -0.1) is 0 Å². The predicted molar refractivity (Wildman–Crippen MR) is 61.0 cm³/mol. The number of nitriles is 1. The molecule has 0 aromatic rings. The number of hydrogen-bond donors (Lipinski definition) is 1. The van der Waals surface area contributed by atoms with Crippen molar-refractivity contribution in [3.63, 3.8) is 0 Å². The summed E-state index contributed by atoms with van der Waals surface area (Å²) in [6, 6.07) is 2.02. The van der Waals surface area contributed by atoms with Crippen LogP contribution in [0.5, 0.6) is 0 Å². The summed E-state index contributed by atoms with van der Waals surface area (Å²) in [5, 5.41) is 8.65. The Bertz CT molecular complexity index is 202. The van der Waals surface area contributed by atoms with Crippen molar-refractivity contribution in [1.29, 1.82) is 5.26 Å². The van der Waals surface area contributed by atoms with Crippen LogP contribution in [0.1, 0.15) is 19.8 Å². The minimum atomic E-state index is -0.792. The maximum absolute atomic E-state index is 8.65. The van der Waals surface area contributed by atoms with Crippen LogP contribution >= 0.6 is 0 Å². The first kappa shape index (κ1) is 15.3. The highest BCUT2D eigenvalue weighted by Gasteiger charge is 2.16. The molecule has 0 aliphatic carbocycles. The highest BCUT2D eigenvalue weighted by atomic mass is 16.5. The Hall–Kier alpha value is -0.670. The number of methoxy groups -OCH3 is 1. The molecule has 0 radical (unpaired) electrons. The zero-order valence-corrected chi connectivity index (χ0v) is 10.2. The number of hydrogen-bond acceptors (Lipinski definition) is 5. The van der Waals surface area contributed by atoms with Crippen LogP contribution in [-0.4, -0.2) is 45.7 Å². The quantitative estimate of drug-likeness (QED) is 0.559. The van der Waals surface area contributed by atoms with Gasteiger partial charge in [0, 0.05) is 33.4 Å². The van der Waals surface area contributed by atoms with E-state index in [-0.39, 0.29) is 0 Å². The molecule has 5 nitrogen and oxygen atoms in total. The molecule has 5 heteroatoms. The summed E-state index contributed by atoms with van der Waals surface area (Å²) < 4.78 is 15.5. The van der Waals surface area contributed by atoms with Crippen molar-refractivity contribution >= 4 is 0 Å². The van der Waals surface area contributed by atoms with Crippen molar-refractivity contribution in [3.8, 4) is 6.07 Å². The van der Waals surface area contributed by atoms with Crippen molar-refractivity contribution in [2.24, 2.45) is 5.73 Å². The second-order valence-corrected chi connectivity index (χ2v) is 3.85. The standard InChI is InChI=1S/C11H22N2O3/c1-11(13,10-12)4-7-16-9-8-15-6-3-5-14-2/h3-9,13H2,1-2H3. The van der Waals surface area contributed by atoms with Crippen LogP contribution in [0.2, 0.25) is 0 Å². The molecule has 0 aromatic carbocycles. The molecule has 0 aliphatic rings. The van der Waals surface area contributed by atoms with Crippen molar-refractivity contribution in [2.75, 3.05) is 40.1 Å². The van der Waals surface area contributed by atoms with Gasteiger partial charge in [-0.1, -0.05) is 0 Å². The van der Waals surface area contributed by atoms with Crippen LogP contribution in [0.25, 0.3) is 0 Å². The lowest BCUT2D eigenvalue weighted by Gasteiger charge is -2.14. The molecule has 0 heterocycles. The maximum atomic E-state index is 8.65. The summed E-state index contributed by atoms with van der Waals surface area (Å²) in [6.07, 6.45) is 1.43.